The Morgan fingerprint density at radius 1 is 0.299 bits per heavy atom. The van der Waals surface area contributed by atoms with Gasteiger partial charge in [0.15, 0.2) is 0 Å². The predicted octanol–water partition coefficient (Wildman–Crippen LogP) is 17.7. The van der Waals surface area contributed by atoms with Crippen molar-refractivity contribution in [2.24, 2.45) is 0 Å². The molecular formula is C61H94N2O4. The van der Waals surface area contributed by atoms with Gasteiger partial charge in [-0.3, -0.25) is 0 Å². The highest BCUT2D eigenvalue weighted by Crippen LogP contribution is 2.42. The van der Waals surface area contributed by atoms with Gasteiger partial charge in [-0.15, -0.1) is 0 Å². The SMILES string of the molecule is CCCCCCCCN(CCCCCCCC)c1ccc(-c2cc(OC)c(Cc3c(OC)cc(-c4ccc(N(CCCCCCCC)CCCCCCCC)cc4)cc3OC)c(OC)c2)cc1. The van der Waals surface area contributed by atoms with Crippen molar-refractivity contribution in [1.82, 2.24) is 0 Å². The number of ether oxygens (including phenoxy) is 4. The normalized spacial score (nSPS) is 11.2. The number of anilines is 2. The van der Waals surface area contributed by atoms with Crippen molar-refractivity contribution < 1.29 is 18.9 Å². The molecule has 4 rings (SSSR count). The molecule has 6 heteroatoms. The van der Waals surface area contributed by atoms with E-state index >= 15 is 0 Å². The highest BCUT2D eigenvalue weighted by atomic mass is 16.5. The summed E-state index contributed by atoms with van der Waals surface area (Å²) in [4.78, 5) is 5.25. The molecule has 0 saturated carbocycles. The molecule has 4 aromatic rings. The van der Waals surface area contributed by atoms with Gasteiger partial charge >= 0.3 is 0 Å². The number of unbranched alkanes of at least 4 members (excludes halogenated alkanes) is 20. The second-order valence-electron chi connectivity index (χ2n) is 19.0. The van der Waals surface area contributed by atoms with E-state index in [1.54, 1.807) is 28.4 Å². The zero-order valence-corrected chi connectivity index (χ0v) is 44.0. The van der Waals surface area contributed by atoms with Crippen LogP contribution in [0.3, 0.4) is 0 Å². The van der Waals surface area contributed by atoms with Gasteiger partial charge in [0.2, 0.25) is 0 Å². The smallest absolute Gasteiger partial charge is 0.126 e. The van der Waals surface area contributed by atoms with Gasteiger partial charge < -0.3 is 28.7 Å². The van der Waals surface area contributed by atoms with Crippen molar-refractivity contribution in [2.75, 3.05) is 64.4 Å². The average Bonchev–Trinajstić information content (AvgIpc) is 3.36. The van der Waals surface area contributed by atoms with Crippen molar-refractivity contribution in [3.05, 3.63) is 83.9 Å². The van der Waals surface area contributed by atoms with E-state index in [9.17, 15) is 0 Å². The lowest BCUT2D eigenvalue weighted by Gasteiger charge is -2.25. The van der Waals surface area contributed by atoms with Gasteiger partial charge in [0.1, 0.15) is 23.0 Å². The molecule has 0 heterocycles. The molecule has 0 saturated heterocycles. The molecule has 0 aromatic heterocycles. The highest BCUT2D eigenvalue weighted by molar-refractivity contribution is 5.74. The zero-order chi connectivity index (χ0) is 47.9. The van der Waals surface area contributed by atoms with E-state index in [0.717, 1.165) is 82.6 Å². The molecule has 6 nitrogen and oxygen atoms in total. The number of hydrogen-bond acceptors (Lipinski definition) is 6. The topological polar surface area (TPSA) is 43.4 Å². The van der Waals surface area contributed by atoms with E-state index in [4.69, 9.17) is 18.9 Å². The summed E-state index contributed by atoms with van der Waals surface area (Å²) >= 11 is 0. The Hall–Kier alpha value is -4.32. The molecule has 0 atom stereocenters. The van der Waals surface area contributed by atoms with Crippen LogP contribution < -0.4 is 28.7 Å². The number of methoxy groups -OCH3 is 4. The summed E-state index contributed by atoms with van der Waals surface area (Å²) in [5.74, 6) is 3.12. The quantitative estimate of drug-likeness (QED) is 0.0417. The summed E-state index contributed by atoms with van der Waals surface area (Å²) in [5.41, 5.74) is 8.96. The lowest BCUT2D eigenvalue weighted by atomic mass is 9.95. The number of benzene rings is 4. The minimum Gasteiger partial charge on any atom is -0.496 e. The molecule has 0 aliphatic rings. The maximum absolute atomic E-state index is 6.13. The van der Waals surface area contributed by atoms with Crippen LogP contribution in [0.5, 0.6) is 23.0 Å². The minimum absolute atomic E-state index is 0.523. The Morgan fingerprint density at radius 2 is 0.537 bits per heavy atom. The Labute approximate surface area is 410 Å². The van der Waals surface area contributed by atoms with Crippen molar-refractivity contribution >= 4 is 11.4 Å². The van der Waals surface area contributed by atoms with E-state index in [1.807, 2.05) is 0 Å². The van der Waals surface area contributed by atoms with Crippen LogP contribution in [0.25, 0.3) is 22.3 Å². The molecule has 67 heavy (non-hydrogen) atoms. The maximum atomic E-state index is 6.13. The van der Waals surface area contributed by atoms with E-state index in [0.29, 0.717) is 6.42 Å². The molecule has 0 amide bonds. The molecule has 0 fully saturated rings. The van der Waals surface area contributed by atoms with Crippen molar-refractivity contribution in [3.8, 4) is 45.3 Å². The predicted molar refractivity (Wildman–Crippen MR) is 291 cm³/mol. The fourth-order valence-electron chi connectivity index (χ4n) is 9.63. The van der Waals surface area contributed by atoms with Crippen LogP contribution in [-0.2, 0) is 6.42 Å². The summed E-state index contributed by atoms with van der Waals surface area (Å²) in [7, 11) is 6.99. The molecule has 4 aromatic carbocycles. The highest BCUT2D eigenvalue weighted by Gasteiger charge is 2.21. The van der Waals surface area contributed by atoms with Crippen LogP contribution in [-0.4, -0.2) is 54.6 Å². The molecule has 372 valence electrons. The first-order valence-electron chi connectivity index (χ1n) is 27.1. The fraction of sp³-hybridized carbons (Fsp3) is 0.607. The third-order valence-corrected chi connectivity index (χ3v) is 13.8. The molecule has 0 aliphatic heterocycles. The molecule has 0 unspecified atom stereocenters. The van der Waals surface area contributed by atoms with E-state index in [-0.39, 0.29) is 0 Å². The standard InChI is InChI=1S/C61H94N2O4/c1-9-13-17-21-25-29-41-62(42-30-26-22-18-14-10-2)54-37-33-50(34-38-54)52-45-58(64-5)56(59(46-52)65-6)49-57-60(66-7)47-53(48-61(57)67-8)51-35-39-55(40-36-51)63(43-31-27-23-19-15-11-3)44-32-28-24-20-16-12-4/h33-40,45-48H,9-32,41-44,49H2,1-8H3. The minimum atomic E-state index is 0.523. The Bertz CT molecular complexity index is 1670. The van der Waals surface area contributed by atoms with Crippen LogP contribution in [0.2, 0.25) is 0 Å². The van der Waals surface area contributed by atoms with Crippen molar-refractivity contribution in [2.45, 2.75) is 188 Å². The molecule has 0 bridgehead atoms. The van der Waals surface area contributed by atoms with Gasteiger partial charge in [-0.2, -0.15) is 0 Å². The number of nitrogens with zero attached hydrogens (tertiary/aromatic N) is 2. The van der Waals surface area contributed by atoms with Gasteiger partial charge in [-0.05, 0) is 96.5 Å². The summed E-state index contributed by atoms with van der Waals surface area (Å²) in [6.45, 7) is 13.6. The van der Waals surface area contributed by atoms with Crippen molar-refractivity contribution in [3.63, 3.8) is 0 Å². The summed E-state index contributed by atoms with van der Waals surface area (Å²) < 4.78 is 24.5. The lowest BCUT2D eigenvalue weighted by molar-refractivity contribution is 0.378. The van der Waals surface area contributed by atoms with Gasteiger partial charge in [0.05, 0.1) is 28.4 Å². The Kier molecular flexibility index (Phi) is 27.4. The third kappa shape index (κ3) is 18.9. The summed E-state index contributed by atoms with van der Waals surface area (Å²) in [5, 5.41) is 0. The van der Waals surface area contributed by atoms with Gasteiger partial charge in [0, 0.05) is 55.1 Å². The number of hydrogen-bond donors (Lipinski definition) is 0. The second-order valence-corrected chi connectivity index (χ2v) is 19.0. The second kappa shape index (κ2) is 33.2. The first kappa shape index (κ1) is 55.3. The summed E-state index contributed by atoms with van der Waals surface area (Å²) in [6, 6.07) is 26.9. The Balaban J connectivity index is 1.53. The van der Waals surface area contributed by atoms with Crippen LogP contribution >= 0.6 is 0 Å². The van der Waals surface area contributed by atoms with E-state index in [2.05, 4.69) is 110 Å². The molecule has 0 radical (unpaired) electrons. The van der Waals surface area contributed by atoms with Crippen LogP contribution in [0.4, 0.5) is 11.4 Å². The maximum Gasteiger partial charge on any atom is 0.126 e. The van der Waals surface area contributed by atoms with E-state index < -0.39 is 0 Å². The van der Waals surface area contributed by atoms with Crippen LogP contribution in [0, 0.1) is 0 Å². The average molecular weight is 919 g/mol. The first-order valence-corrected chi connectivity index (χ1v) is 27.1. The van der Waals surface area contributed by atoms with Gasteiger partial charge in [0.25, 0.3) is 0 Å². The lowest BCUT2D eigenvalue weighted by Crippen LogP contribution is -2.25. The summed E-state index contributed by atoms with van der Waals surface area (Å²) in [6.07, 6.45) is 32.1. The molecule has 0 N–H and O–H groups in total. The zero-order valence-electron chi connectivity index (χ0n) is 44.0. The fourth-order valence-corrected chi connectivity index (χ4v) is 9.63. The van der Waals surface area contributed by atoms with Crippen LogP contribution in [0.15, 0.2) is 72.8 Å². The van der Waals surface area contributed by atoms with Crippen LogP contribution in [0.1, 0.15) is 193 Å². The monoisotopic (exact) mass is 919 g/mol. The molecule has 0 spiro atoms. The number of rotatable bonds is 38. The largest absolute Gasteiger partial charge is 0.496 e. The van der Waals surface area contributed by atoms with Gasteiger partial charge in [-0.25, -0.2) is 0 Å². The third-order valence-electron chi connectivity index (χ3n) is 13.8. The van der Waals surface area contributed by atoms with Gasteiger partial charge in [-0.1, -0.05) is 180 Å². The molecular weight excluding hydrogens is 825 g/mol. The first-order chi connectivity index (χ1) is 32.9. The van der Waals surface area contributed by atoms with Crippen molar-refractivity contribution in [1.29, 1.82) is 0 Å². The molecule has 0 aliphatic carbocycles. The Morgan fingerprint density at radius 3 is 0.776 bits per heavy atom. The van der Waals surface area contributed by atoms with E-state index in [1.165, 1.54) is 165 Å².